The number of aryl methyl sites for hydroxylation is 1. The second kappa shape index (κ2) is 6.99. The van der Waals surface area contributed by atoms with Crippen molar-refractivity contribution in [2.45, 2.75) is 32.4 Å². The van der Waals surface area contributed by atoms with E-state index in [1.807, 2.05) is 0 Å². The summed E-state index contributed by atoms with van der Waals surface area (Å²) in [6.45, 7) is 3.59. The summed E-state index contributed by atoms with van der Waals surface area (Å²) >= 11 is 1.33. The van der Waals surface area contributed by atoms with Gasteiger partial charge in [0.05, 0.1) is 22.4 Å². The molecule has 4 heterocycles. The van der Waals surface area contributed by atoms with Crippen LogP contribution < -0.4 is 0 Å². The highest BCUT2D eigenvalue weighted by Crippen LogP contribution is 2.39. The molecule has 0 aliphatic carbocycles. The molecule has 10 heteroatoms. The zero-order valence-electron chi connectivity index (χ0n) is 16.2. The average molecular weight is 427 g/mol. The highest BCUT2D eigenvalue weighted by Gasteiger charge is 2.38. The first-order chi connectivity index (χ1) is 14.4. The molecule has 0 saturated carbocycles. The van der Waals surface area contributed by atoms with Crippen LogP contribution in [0.2, 0.25) is 0 Å². The van der Waals surface area contributed by atoms with Gasteiger partial charge in [0.25, 0.3) is 5.91 Å². The van der Waals surface area contributed by atoms with Gasteiger partial charge in [-0.2, -0.15) is 0 Å². The third kappa shape index (κ3) is 2.91. The summed E-state index contributed by atoms with van der Waals surface area (Å²) in [6, 6.07) is 4.23. The molecule has 0 saturated heterocycles. The summed E-state index contributed by atoms with van der Waals surface area (Å²) in [5.74, 6) is -0.613. The molecule has 1 aromatic carbocycles. The molecule has 0 radical (unpaired) electrons. The number of carbonyl (C=O) groups is 1. The van der Waals surface area contributed by atoms with Gasteiger partial charge in [-0.1, -0.05) is 6.07 Å². The molecular weight excluding hydrogens is 409 g/mol. The highest BCUT2D eigenvalue weighted by atomic mass is 32.1. The van der Waals surface area contributed by atoms with E-state index in [1.165, 1.54) is 24.3 Å². The summed E-state index contributed by atoms with van der Waals surface area (Å²) in [4.78, 5) is 31.3. The molecule has 8 nitrogen and oxygen atoms in total. The first-order valence-corrected chi connectivity index (χ1v) is 10.3. The molecule has 30 heavy (non-hydrogen) atoms. The Bertz CT molecular complexity index is 1260. The fourth-order valence-corrected chi connectivity index (χ4v) is 4.82. The zero-order valence-corrected chi connectivity index (χ0v) is 17.0. The number of carbonyl (C=O) groups excluding carboxylic acids is 1. The molecule has 1 aliphatic heterocycles. The van der Waals surface area contributed by atoms with Crippen LogP contribution in [0.5, 0.6) is 0 Å². The predicted molar refractivity (Wildman–Crippen MR) is 107 cm³/mol. The first kappa shape index (κ1) is 18.9. The van der Waals surface area contributed by atoms with E-state index in [-0.39, 0.29) is 23.1 Å². The zero-order chi connectivity index (χ0) is 21.0. The Morgan fingerprint density at radius 1 is 1.43 bits per heavy atom. The summed E-state index contributed by atoms with van der Waals surface area (Å²) in [7, 11) is 0. The summed E-state index contributed by atoms with van der Waals surface area (Å²) in [5.41, 5.74) is 2.28. The van der Waals surface area contributed by atoms with Gasteiger partial charge in [-0.05, 0) is 26.0 Å². The number of rotatable bonds is 3. The molecule has 1 amide bonds. The fourth-order valence-electron chi connectivity index (χ4n) is 3.72. The van der Waals surface area contributed by atoms with Crippen LogP contribution in [0.15, 0.2) is 28.9 Å². The number of aromatic nitrogens is 4. The Labute approximate surface area is 174 Å². The molecule has 5 rings (SSSR count). The molecule has 154 valence electrons. The van der Waals surface area contributed by atoms with Gasteiger partial charge < -0.3 is 19.4 Å². The molecule has 2 N–H and O–H groups in total. The molecule has 3 aromatic heterocycles. The number of hydrogen-bond donors (Lipinski definition) is 2. The summed E-state index contributed by atoms with van der Waals surface area (Å²) in [5, 5.41) is 10.3. The van der Waals surface area contributed by atoms with Crippen LogP contribution in [0.1, 0.15) is 57.6 Å². The molecule has 2 atom stereocenters. The average Bonchev–Trinajstić information content (AvgIpc) is 3.44. The number of halogens is 1. The van der Waals surface area contributed by atoms with Crippen molar-refractivity contribution in [1.82, 2.24) is 24.8 Å². The molecule has 0 bridgehead atoms. The molecule has 0 unspecified atom stereocenters. The van der Waals surface area contributed by atoms with E-state index in [1.54, 1.807) is 30.3 Å². The minimum Gasteiger partial charge on any atom is -0.432 e. The standard InChI is InChI=1S/C20H18FN5O3S/c1-9-17(29-18(24-9)10(2)27)20(28)26-7-6-12-15(23-8-22-12)16(26)19-25-14-11(21)4-3-5-13(14)30-19/h3-5,8,10,16,27H,6-7H2,1-2H3,(H,22,23)/t10-,16+/m1/s1. The third-order valence-corrected chi connectivity index (χ3v) is 6.24. The van der Waals surface area contributed by atoms with Crippen molar-refractivity contribution < 1.29 is 18.7 Å². The number of para-hydroxylation sites is 1. The van der Waals surface area contributed by atoms with Crippen LogP contribution >= 0.6 is 11.3 Å². The maximum atomic E-state index is 14.2. The summed E-state index contributed by atoms with van der Waals surface area (Å²) in [6.07, 6.45) is 1.26. The second-order valence-electron chi connectivity index (χ2n) is 7.20. The van der Waals surface area contributed by atoms with Gasteiger partial charge in [-0.15, -0.1) is 11.3 Å². The van der Waals surface area contributed by atoms with Gasteiger partial charge in [0, 0.05) is 18.7 Å². The highest BCUT2D eigenvalue weighted by molar-refractivity contribution is 7.18. The number of aromatic amines is 1. The Morgan fingerprint density at radius 2 is 2.27 bits per heavy atom. The lowest BCUT2D eigenvalue weighted by Gasteiger charge is -2.33. The largest absolute Gasteiger partial charge is 0.432 e. The van der Waals surface area contributed by atoms with Gasteiger partial charge >= 0.3 is 0 Å². The van der Waals surface area contributed by atoms with Gasteiger partial charge in [0.15, 0.2) is 0 Å². The van der Waals surface area contributed by atoms with Gasteiger partial charge in [-0.3, -0.25) is 4.79 Å². The van der Waals surface area contributed by atoms with Crippen molar-refractivity contribution in [3.8, 4) is 0 Å². The Kier molecular flexibility index (Phi) is 4.40. The number of H-pyrrole nitrogens is 1. The lowest BCUT2D eigenvalue weighted by Crippen LogP contribution is -2.40. The van der Waals surface area contributed by atoms with Crippen molar-refractivity contribution >= 4 is 27.5 Å². The van der Waals surface area contributed by atoms with Crippen molar-refractivity contribution in [2.75, 3.05) is 6.54 Å². The van der Waals surface area contributed by atoms with Gasteiger partial charge in [0.1, 0.15) is 28.5 Å². The Morgan fingerprint density at radius 3 is 3.00 bits per heavy atom. The predicted octanol–water partition coefficient (Wildman–Crippen LogP) is 3.30. The van der Waals surface area contributed by atoms with E-state index in [0.29, 0.717) is 34.1 Å². The fraction of sp³-hybridized carbons (Fsp3) is 0.300. The van der Waals surface area contributed by atoms with E-state index in [2.05, 4.69) is 19.9 Å². The van der Waals surface area contributed by atoms with Gasteiger partial charge in [-0.25, -0.2) is 19.3 Å². The smallest absolute Gasteiger partial charge is 0.292 e. The van der Waals surface area contributed by atoms with Crippen LogP contribution in [-0.2, 0) is 6.42 Å². The quantitative estimate of drug-likeness (QED) is 0.519. The third-order valence-electron chi connectivity index (χ3n) is 5.17. The first-order valence-electron chi connectivity index (χ1n) is 9.47. The monoisotopic (exact) mass is 427 g/mol. The molecule has 0 spiro atoms. The number of nitrogens with one attached hydrogen (secondary N) is 1. The molecule has 4 aromatic rings. The molecular formula is C20H18FN5O3S. The molecule has 0 fully saturated rings. The minimum atomic E-state index is -0.924. The van der Waals surface area contributed by atoms with Crippen molar-refractivity contribution in [1.29, 1.82) is 0 Å². The van der Waals surface area contributed by atoms with E-state index in [0.717, 1.165) is 5.69 Å². The normalized spacial score (nSPS) is 17.3. The van der Waals surface area contributed by atoms with E-state index >= 15 is 0 Å². The van der Waals surface area contributed by atoms with E-state index < -0.39 is 18.0 Å². The van der Waals surface area contributed by atoms with Crippen LogP contribution in [-0.4, -0.2) is 42.4 Å². The number of benzene rings is 1. The lowest BCUT2D eigenvalue weighted by molar-refractivity contribution is 0.0648. The molecule has 1 aliphatic rings. The number of imidazole rings is 1. The minimum absolute atomic E-state index is 0.0715. The van der Waals surface area contributed by atoms with E-state index in [4.69, 9.17) is 4.42 Å². The Hall–Kier alpha value is -3.11. The van der Waals surface area contributed by atoms with Gasteiger partial charge in [0.2, 0.25) is 11.7 Å². The number of nitrogens with zero attached hydrogens (tertiary/aromatic N) is 4. The topological polar surface area (TPSA) is 108 Å². The van der Waals surface area contributed by atoms with Crippen LogP contribution in [0, 0.1) is 12.7 Å². The van der Waals surface area contributed by atoms with E-state index in [9.17, 15) is 14.3 Å². The maximum absolute atomic E-state index is 14.2. The summed E-state index contributed by atoms with van der Waals surface area (Å²) < 4.78 is 20.5. The SMILES string of the molecule is Cc1nc([C@@H](C)O)oc1C(=O)N1CCc2[nH]cnc2[C@H]1c1nc2c(F)cccc2s1. The number of oxazole rings is 1. The van der Waals surface area contributed by atoms with Crippen LogP contribution in [0.3, 0.4) is 0 Å². The number of amides is 1. The van der Waals surface area contributed by atoms with Crippen molar-refractivity contribution in [3.63, 3.8) is 0 Å². The van der Waals surface area contributed by atoms with Crippen LogP contribution in [0.4, 0.5) is 4.39 Å². The second-order valence-corrected chi connectivity index (χ2v) is 8.26. The number of fused-ring (bicyclic) bond motifs is 2. The number of hydrogen-bond acceptors (Lipinski definition) is 7. The number of thiazole rings is 1. The Balaban J connectivity index is 1.62. The lowest BCUT2D eigenvalue weighted by atomic mass is 10.0. The maximum Gasteiger partial charge on any atom is 0.292 e. The number of aliphatic hydroxyl groups excluding tert-OH is 1. The van der Waals surface area contributed by atoms with Crippen molar-refractivity contribution in [2.24, 2.45) is 0 Å². The van der Waals surface area contributed by atoms with Crippen LogP contribution in [0.25, 0.3) is 10.2 Å². The van der Waals surface area contributed by atoms with Crippen molar-refractivity contribution in [3.05, 3.63) is 64.1 Å². The number of aliphatic hydroxyl groups is 1.